The summed E-state index contributed by atoms with van der Waals surface area (Å²) in [4.78, 5) is 32.0. The van der Waals surface area contributed by atoms with Gasteiger partial charge < -0.3 is 14.9 Å². The molecule has 2 N–H and O–H groups in total. The Labute approximate surface area is 504 Å². The maximum absolute atomic E-state index is 5.82. The van der Waals surface area contributed by atoms with Crippen LogP contribution < -0.4 is 5.73 Å². The van der Waals surface area contributed by atoms with Crippen LogP contribution in [-0.2, 0) is 92.3 Å². The largest absolute Gasteiger partial charge is 0.384 e. The molecule has 2 aliphatic heterocycles. The summed E-state index contributed by atoms with van der Waals surface area (Å²) in [6.07, 6.45) is 21.5. The van der Waals surface area contributed by atoms with E-state index < -0.39 is 0 Å². The molecule has 0 aromatic carbocycles. The van der Waals surface area contributed by atoms with Gasteiger partial charge in [-0.25, -0.2) is 15.0 Å². The molecule has 0 aliphatic carbocycles. The van der Waals surface area contributed by atoms with E-state index in [2.05, 4.69) is 205 Å². The fourth-order valence-corrected chi connectivity index (χ4v) is 10.1. The summed E-state index contributed by atoms with van der Waals surface area (Å²) in [5.41, 5.74) is 23.7. The first-order chi connectivity index (χ1) is 36.1. The number of aromatic nitrogens is 8. The van der Waals surface area contributed by atoms with E-state index in [-0.39, 0.29) is 53.8 Å². The molecule has 0 saturated carbocycles. The van der Waals surface area contributed by atoms with Gasteiger partial charge in [0.25, 0.3) is 0 Å². The Kier molecular flexibility index (Phi) is 23.1. The predicted molar refractivity (Wildman–Crippen MR) is 308 cm³/mol. The van der Waals surface area contributed by atoms with Crippen LogP contribution in [0.4, 0.5) is 17.2 Å². The van der Waals surface area contributed by atoms with Crippen LogP contribution in [0, 0.1) is 48.5 Å². The number of halogens is 1. The van der Waals surface area contributed by atoms with Crippen LogP contribution in [0.15, 0.2) is 121 Å². The van der Waals surface area contributed by atoms with E-state index in [1.807, 2.05) is 50.2 Å². The van der Waals surface area contributed by atoms with Crippen molar-refractivity contribution in [2.75, 3.05) is 59.1 Å². The van der Waals surface area contributed by atoms with Crippen molar-refractivity contribution in [1.29, 1.82) is 0 Å². The minimum Gasteiger partial charge on any atom is -0.384 e. The first-order valence-electron chi connectivity index (χ1n) is 26.2. The summed E-state index contributed by atoms with van der Waals surface area (Å²) in [5.74, 6) is 2.62. The van der Waals surface area contributed by atoms with Crippen molar-refractivity contribution in [3.63, 3.8) is 0 Å². The van der Waals surface area contributed by atoms with Crippen LogP contribution in [0.3, 0.4) is 0 Å². The summed E-state index contributed by atoms with van der Waals surface area (Å²) < 4.78 is 10.1. The maximum atomic E-state index is 5.82. The van der Waals surface area contributed by atoms with Crippen LogP contribution in [0.2, 0.25) is 0 Å². The minimum atomic E-state index is 0. The van der Waals surface area contributed by atoms with Crippen molar-refractivity contribution in [2.45, 2.75) is 87.0 Å². The Morgan fingerprint density at radius 1 is 0.481 bits per heavy atom. The van der Waals surface area contributed by atoms with E-state index in [1.165, 1.54) is 62.0 Å². The first kappa shape index (κ1) is 61.0. The summed E-state index contributed by atoms with van der Waals surface area (Å²) in [5, 5.41) is 0. The second kappa shape index (κ2) is 29.1. The van der Waals surface area contributed by atoms with Gasteiger partial charge in [0.15, 0.2) is 25.5 Å². The van der Waals surface area contributed by atoms with E-state index in [0.29, 0.717) is 5.82 Å². The molecule has 0 amide bonds. The van der Waals surface area contributed by atoms with Gasteiger partial charge in [-0.2, -0.15) is 9.15 Å². The quantitative estimate of drug-likeness (QED) is 0.112. The Morgan fingerprint density at radius 2 is 0.857 bits per heavy atom. The SMILES string of the molecule is Cc1cc(CCc2cncc(Br)c2)nc(-n2c(C)ccc2C)c1.Cc1cc(CCc2cncc([N+]3=CCN(C)CC3)c2)nc(-n2c(C)ccc2C)c1.Cc1cc(N)nc(CCc2cncc([N+]3=CCN(C)CC3)c2)c1.[W].[Y]. The second-order valence-corrected chi connectivity index (χ2v) is 21.3. The number of nitrogens with zero attached hydrogens (tertiary/aromatic N) is 12. The first-order valence-corrected chi connectivity index (χ1v) is 26.9. The third kappa shape index (κ3) is 17.6. The Bertz CT molecular complexity index is 3250. The van der Waals surface area contributed by atoms with Crippen molar-refractivity contribution in [3.8, 4) is 11.6 Å². The Hall–Kier alpha value is -5.21. The molecule has 10 heterocycles. The third-order valence-electron chi connectivity index (χ3n) is 13.7. The zero-order chi connectivity index (χ0) is 53.0. The van der Waals surface area contributed by atoms with Crippen LogP contribution >= 0.6 is 15.9 Å². The van der Waals surface area contributed by atoms with Crippen LogP contribution in [0.25, 0.3) is 11.6 Å². The van der Waals surface area contributed by atoms with Crippen LogP contribution in [0.5, 0.6) is 0 Å². The van der Waals surface area contributed by atoms with Crippen molar-refractivity contribution in [3.05, 3.63) is 194 Å². The smallest absolute Gasteiger partial charge is 0.223 e. The van der Waals surface area contributed by atoms with E-state index in [1.54, 1.807) is 0 Å². The summed E-state index contributed by atoms with van der Waals surface area (Å²) >= 11 is 3.47. The molecule has 0 unspecified atom stereocenters. The van der Waals surface area contributed by atoms with Crippen molar-refractivity contribution in [1.82, 2.24) is 48.8 Å². The molecule has 2 aliphatic rings. The number of nitrogens with two attached hydrogens (primary N) is 1. The second-order valence-electron chi connectivity index (χ2n) is 20.3. The normalized spacial score (nSPS) is 13.5. The number of aryl methyl sites for hydroxylation is 13. The molecule has 77 heavy (non-hydrogen) atoms. The van der Waals surface area contributed by atoms with Crippen LogP contribution in [-0.4, -0.2) is 124 Å². The molecule has 8 aromatic rings. The summed E-state index contributed by atoms with van der Waals surface area (Å²) in [7, 11) is 4.30. The number of anilines is 1. The van der Waals surface area contributed by atoms with Gasteiger partial charge in [0, 0.05) is 135 Å². The maximum Gasteiger partial charge on any atom is 0.223 e. The number of rotatable bonds is 13. The topological polar surface area (TPSA) is 126 Å². The van der Waals surface area contributed by atoms with Gasteiger partial charge in [0.05, 0.1) is 38.6 Å². The zero-order valence-electron chi connectivity index (χ0n) is 46.4. The van der Waals surface area contributed by atoms with Gasteiger partial charge >= 0.3 is 0 Å². The number of likely N-dealkylation sites (N-methyl/N-ethyl adjacent to an activating group) is 2. The average molecular weight is 1340 g/mol. The van der Waals surface area contributed by atoms with Gasteiger partial charge in [-0.05, 0) is 217 Å². The molecule has 0 saturated heterocycles. The number of hydrogen-bond acceptors (Lipinski definition) is 9. The molecule has 0 bridgehead atoms. The van der Waals surface area contributed by atoms with E-state index in [4.69, 9.17) is 15.7 Å². The number of nitrogen functional groups attached to an aromatic ring is 1. The molecule has 1 radical (unpaired) electrons. The van der Waals surface area contributed by atoms with Gasteiger partial charge in [-0.1, -0.05) is 0 Å². The zero-order valence-corrected chi connectivity index (χ0v) is 53.8. The third-order valence-corrected chi connectivity index (χ3v) is 14.2. The molecule has 13 nitrogen and oxygen atoms in total. The minimum absolute atomic E-state index is 0. The Balaban J connectivity index is 0.000000187. The fourth-order valence-electron chi connectivity index (χ4n) is 9.69. The number of pyridine rings is 6. The van der Waals surface area contributed by atoms with Crippen molar-refractivity contribution < 1.29 is 62.9 Å². The molecule has 16 heteroatoms. The van der Waals surface area contributed by atoms with Crippen molar-refractivity contribution in [2.24, 2.45) is 0 Å². The Morgan fingerprint density at radius 3 is 1.23 bits per heavy atom. The molecule has 0 spiro atoms. The fraction of sp³-hybridized carbons (Fsp3) is 0.344. The van der Waals surface area contributed by atoms with Gasteiger partial charge in [-0.3, -0.25) is 24.8 Å². The van der Waals surface area contributed by atoms with Crippen LogP contribution in [0.1, 0.15) is 73.2 Å². The molecular weight excluding hydrogens is 1270 g/mol. The standard InChI is InChI=1S/C24H30N5.C19H20BrN3.C18H24N5.W.Y/c1-18-13-22(26-24(14-18)29-19(2)5-6-20(29)3)8-7-21-15-23(17-25-16-21)28-11-9-27(4)10-12-28;1-13-8-18(7-6-16-10-17(20)12-21-11-16)22-19(9-13)23-14(2)4-5-15(23)3;1-14-9-16(21-18(19)10-14)4-3-15-11-17(13-20-12-15)23-7-5-22(2)6-8-23;;/h5-6,11,13-17H,7-10,12H2,1-4H3;4-5,8-12H,6-7H2,1-3H3;7,9-13H,3-6,8H2,1-2H3,(H2,19,21);;/q+1;;+1;;. The summed E-state index contributed by atoms with van der Waals surface area (Å²) in [6.45, 7) is 21.0. The number of hydrogen-bond donors (Lipinski definition) is 1. The molecule has 0 atom stereocenters. The van der Waals surface area contributed by atoms with E-state index in [0.717, 1.165) is 117 Å². The van der Waals surface area contributed by atoms with Gasteiger partial charge in [-0.15, -0.1) is 0 Å². The predicted octanol–water partition coefficient (Wildman–Crippen LogP) is 10.2. The average Bonchev–Trinajstić information content (AvgIpc) is 3.92. The van der Waals surface area contributed by atoms with Gasteiger partial charge in [0.1, 0.15) is 17.5 Å². The molecule has 10 rings (SSSR count). The van der Waals surface area contributed by atoms with E-state index in [9.17, 15) is 0 Å². The van der Waals surface area contributed by atoms with Gasteiger partial charge in [0.2, 0.25) is 11.4 Å². The molecule has 0 fully saturated rings. The van der Waals surface area contributed by atoms with E-state index >= 15 is 0 Å². The molecule has 8 aromatic heterocycles. The molecule has 397 valence electrons. The monoisotopic (exact) mass is 1340 g/mol. The van der Waals surface area contributed by atoms with Crippen molar-refractivity contribution >= 4 is 45.6 Å². The molecular formula is C61H74BrN13WY+2. The summed E-state index contributed by atoms with van der Waals surface area (Å²) in [6, 6.07) is 27.8.